The lowest BCUT2D eigenvalue weighted by molar-refractivity contribution is 0.0764. The molecule has 5 heteroatoms. The quantitative estimate of drug-likeness (QED) is 0.755. The summed E-state index contributed by atoms with van der Waals surface area (Å²) in [5, 5.41) is 9.36. The van der Waals surface area contributed by atoms with E-state index in [1.807, 2.05) is 0 Å². The second-order valence-electron chi connectivity index (χ2n) is 4.14. The highest BCUT2D eigenvalue weighted by molar-refractivity contribution is 5.97. The van der Waals surface area contributed by atoms with Gasteiger partial charge in [-0.3, -0.25) is 9.59 Å². The van der Waals surface area contributed by atoms with E-state index in [4.69, 9.17) is 5.73 Å². The number of aliphatic hydroxyl groups is 1. The largest absolute Gasteiger partial charge is 0.391 e. The SMILES string of the molecule is NC(=O)c1ccc(C(=O)N2CC[C@H](O)C2)cc1. The average Bonchev–Trinajstić information content (AvgIpc) is 2.75. The number of β-amino-alcohol motifs (C(OH)–C–C–N with tert-alkyl or cyclic N) is 1. The summed E-state index contributed by atoms with van der Waals surface area (Å²) in [6, 6.07) is 6.21. The molecule has 1 aliphatic heterocycles. The molecule has 0 bridgehead atoms. The molecular weight excluding hydrogens is 220 g/mol. The third-order valence-electron chi connectivity index (χ3n) is 2.87. The van der Waals surface area contributed by atoms with Gasteiger partial charge in [-0.15, -0.1) is 0 Å². The molecule has 0 radical (unpaired) electrons. The molecular formula is C12H14N2O3. The molecule has 1 aromatic rings. The Kier molecular flexibility index (Phi) is 3.10. The molecule has 0 saturated carbocycles. The number of carbonyl (C=O) groups is 2. The third-order valence-corrected chi connectivity index (χ3v) is 2.87. The van der Waals surface area contributed by atoms with Crippen molar-refractivity contribution in [1.29, 1.82) is 0 Å². The van der Waals surface area contributed by atoms with Crippen molar-refractivity contribution in [3.8, 4) is 0 Å². The van der Waals surface area contributed by atoms with Crippen LogP contribution in [0.15, 0.2) is 24.3 Å². The second-order valence-corrected chi connectivity index (χ2v) is 4.14. The summed E-state index contributed by atoms with van der Waals surface area (Å²) in [6.07, 6.45) is 0.189. The molecule has 0 unspecified atom stereocenters. The van der Waals surface area contributed by atoms with Gasteiger partial charge < -0.3 is 15.7 Å². The summed E-state index contributed by atoms with van der Waals surface area (Å²) in [6.45, 7) is 0.938. The van der Waals surface area contributed by atoms with Crippen LogP contribution < -0.4 is 5.73 Å². The highest BCUT2D eigenvalue weighted by atomic mass is 16.3. The minimum absolute atomic E-state index is 0.127. The minimum atomic E-state index is -0.513. The van der Waals surface area contributed by atoms with Gasteiger partial charge in [0.2, 0.25) is 5.91 Å². The first-order valence-electron chi connectivity index (χ1n) is 5.45. The smallest absolute Gasteiger partial charge is 0.253 e. The number of benzene rings is 1. The summed E-state index contributed by atoms with van der Waals surface area (Å²) in [7, 11) is 0. The Morgan fingerprint density at radius 2 is 1.82 bits per heavy atom. The molecule has 1 saturated heterocycles. The monoisotopic (exact) mass is 234 g/mol. The Balaban J connectivity index is 2.12. The number of nitrogens with two attached hydrogens (primary N) is 1. The van der Waals surface area contributed by atoms with E-state index in [1.165, 1.54) is 12.1 Å². The van der Waals surface area contributed by atoms with E-state index in [2.05, 4.69) is 0 Å². The second kappa shape index (κ2) is 4.55. The van der Waals surface area contributed by atoms with Crippen molar-refractivity contribution in [3.63, 3.8) is 0 Å². The molecule has 17 heavy (non-hydrogen) atoms. The Hall–Kier alpha value is -1.88. The molecule has 0 aromatic heterocycles. The molecule has 2 rings (SSSR count). The predicted molar refractivity (Wildman–Crippen MR) is 61.5 cm³/mol. The summed E-state index contributed by atoms with van der Waals surface area (Å²) in [5.41, 5.74) is 5.99. The number of likely N-dealkylation sites (tertiary alicyclic amines) is 1. The fourth-order valence-corrected chi connectivity index (χ4v) is 1.89. The van der Waals surface area contributed by atoms with Crippen molar-refractivity contribution >= 4 is 11.8 Å². The zero-order chi connectivity index (χ0) is 12.4. The summed E-state index contributed by atoms with van der Waals surface area (Å²) < 4.78 is 0. The maximum absolute atomic E-state index is 12.0. The fraction of sp³-hybridized carbons (Fsp3) is 0.333. The van der Waals surface area contributed by atoms with Gasteiger partial charge in [0.15, 0.2) is 0 Å². The Morgan fingerprint density at radius 3 is 2.29 bits per heavy atom. The van der Waals surface area contributed by atoms with Crippen LogP contribution in [0.25, 0.3) is 0 Å². The van der Waals surface area contributed by atoms with Crippen molar-refractivity contribution in [2.24, 2.45) is 5.73 Å². The van der Waals surface area contributed by atoms with Crippen molar-refractivity contribution in [3.05, 3.63) is 35.4 Å². The number of hydrogen-bond acceptors (Lipinski definition) is 3. The lowest BCUT2D eigenvalue weighted by Gasteiger charge is -2.15. The van der Waals surface area contributed by atoms with Gasteiger partial charge in [-0.25, -0.2) is 0 Å². The van der Waals surface area contributed by atoms with Crippen LogP contribution in [-0.2, 0) is 0 Å². The normalized spacial score (nSPS) is 19.4. The number of nitrogens with zero attached hydrogens (tertiary/aromatic N) is 1. The lowest BCUT2D eigenvalue weighted by Crippen LogP contribution is -2.29. The van der Waals surface area contributed by atoms with E-state index in [0.717, 1.165) is 0 Å². The van der Waals surface area contributed by atoms with Gasteiger partial charge >= 0.3 is 0 Å². The fourth-order valence-electron chi connectivity index (χ4n) is 1.89. The van der Waals surface area contributed by atoms with Crippen molar-refractivity contribution in [2.75, 3.05) is 13.1 Å². The van der Waals surface area contributed by atoms with Crippen molar-refractivity contribution in [2.45, 2.75) is 12.5 Å². The molecule has 3 N–H and O–H groups in total. The van der Waals surface area contributed by atoms with Crippen LogP contribution in [0.3, 0.4) is 0 Å². The van der Waals surface area contributed by atoms with E-state index in [0.29, 0.717) is 30.6 Å². The Labute approximate surface area is 98.8 Å². The number of aliphatic hydroxyl groups excluding tert-OH is 1. The van der Waals surface area contributed by atoms with Crippen LogP contribution >= 0.6 is 0 Å². The van der Waals surface area contributed by atoms with E-state index in [9.17, 15) is 14.7 Å². The van der Waals surface area contributed by atoms with Crippen molar-refractivity contribution < 1.29 is 14.7 Å². The highest BCUT2D eigenvalue weighted by Gasteiger charge is 2.25. The Morgan fingerprint density at radius 1 is 1.24 bits per heavy atom. The van der Waals surface area contributed by atoms with E-state index >= 15 is 0 Å². The molecule has 2 amide bonds. The molecule has 5 nitrogen and oxygen atoms in total. The number of hydrogen-bond donors (Lipinski definition) is 2. The highest BCUT2D eigenvalue weighted by Crippen LogP contribution is 2.14. The van der Waals surface area contributed by atoms with Crippen LogP contribution in [0.5, 0.6) is 0 Å². The van der Waals surface area contributed by atoms with Gasteiger partial charge in [-0.2, -0.15) is 0 Å². The summed E-state index contributed by atoms with van der Waals surface area (Å²) >= 11 is 0. The maximum Gasteiger partial charge on any atom is 0.253 e. The molecule has 1 fully saturated rings. The van der Waals surface area contributed by atoms with Crippen LogP contribution in [0.1, 0.15) is 27.1 Å². The summed E-state index contributed by atoms with van der Waals surface area (Å²) in [4.78, 5) is 24.4. The first-order valence-corrected chi connectivity index (χ1v) is 5.45. The van der Waals surface area contributed by atoms with E-state index in [1.54, 1.807) is 17.0 Å². The van der Waals surface area contributed by atoms with E-state index in [-0.39, 0.29) is 5.91 Å². The van der Waals surface area contributed by atoms with Crippen LogP contribution in [0, 0.1) is 0 Å². The molecule has 1 heterocycles. The van der Waals surface area contributed by atoms with Crippen LogP contribution in [0.4, 0.5) is 0 Å². The van der Waals surface area contributed by atoms with Gasteiger partial charge in [-0.05, 0) is 30.7 Å². The molecule has 0 spiro atoms. The molecule has 1 atom stereocenters. The van der Waals surface area contributed by atoms with Crippen LogP contribution in [0.2, 0.25) is 0 Å². The van der Waals surface area contributed by atoms with Gasteiger partial charge in [0.1, 0.15) is 0 Å². The topological polar surface area (TPSA) is 83.6 Å². The first kappa shape index (κ1) is 11.6. The average molecular weight is 234 g/mol. The molecule has 1 aliphatic rings. The number of carbonyl (C=O) groups excluding carboxylic acids is 2. The number of rotatable bonds is 2. The van der Waals surface area contributed by atoms with E-state index < -0.39 is 12.0 Å². The summed E-state index contributed by atoms with van der Waals surface area (Å²) in [5.74, 6) is -0.641. The van der Waals surface area contributed by atoms with Gasteiger partial charge in [0.05, 0.1) is 6.10 Å². The first-order chi connectivity index (χ1) is 8.08. The van der Waals surface area contributed by atoms with Gasteiger partial charge in [0.25, 0.3) is 5.91 Å². The molecule has 1 aromatic carbocycles. The van der Waals surface area contributed by atoms with Gasteiger partial charge in [-0.1, -0.05) is 0 Å². The zero-order valence-electron chi connectivity index (χ0n) is 9.30. The molecule has 90 valence electrons. The van der Waals surface area contributed by atoms with Crippen LogP contribution in [-0.4, -0.2) is 41.0 Å². The van der Waals surface area contributed by atoms with Gasteiger partial charge in [0, 0.05) is 24.2 Å². The van der Waals surface area contributed by atoms with Crippen molar-refractivity contribution in [1.82, 2.24) is 4.90 Å². The Bertz CT molecular complexity index is 442. The standard InChI is InChI=1S/C12H14N2O3/c13-11(16)8-1-3-9(4-2-8)12(17)14-6-5-10(15)7-14/h1-4,10,15H,5-7H2,(H2,13,16)/t10-/m0/s1. The third kappa shape index (κ3) is 2.45. The predicted octanol–water partition coefficient (Wildman–Crippen LogP) is -0.00770. The number of amides is 2. The number of primary amides is 1. The minimum Gasteiger partial charge on any atom is -0.391 e. The lowest BCUT2D eigenvalue weighted by atomic mass is 10.1. The maximum atomic E-state index is 12.0. The molecule has 0 aliphatic carbocycles. The zero-order valence-corrected chi connectivity index (χ0v) is 9.30.